The van der Waals surface area contributed by atoms with Gasteiger partial charge in [0.25, 0.3) is 0 Å². The molecule has 18 heavy (non-hydrogen) atoms. The van der Waals surface area contributed by atoms with E-state index in [1.807, 2.05) is 0 Å². The quantitative estimate of drug-likeness (QED) is 0.867. The molecule has 96 valence electrons. The van der Waals surface area contributed by atoms with Crippen molar-refractivity contribution < 1.29 is 9.63 Å². The van der Waals surface area contributed by atoms with Crippen molar-refractivity contribution in [3.63, 3.8) is 0 Å². The lowest BCUT2D eigenvalue weighted by Gasteiger charge is -2.12. The van der Waals surface area contributed by atoms with E-state index >= 15 is 0 Å². The number of phenolic OH excluding ortho intramolecular Hbond substituents is 1. The van der Waals surface area contributed by atoms with E-state index in [1.54, 1.807) is 24.3 Å². The first-order chi connectivity index (χ1) is 8.61. The Morgan fingerprint density at radius 3 is 2.61 bits per heavy atom. The lowest BCUT2D eigenvalue weighted by Crippen LogP contribution is -2.18. The Morgan fingerprint density at radius 2 is 2.00 bits per heavy atom. The van der Waals surface area contributed by atoms with Crippen LogP contribution < -0.4 is 5.73 Å². The van der Waals surface area contributed by atoms with Crippen LogP contribution in [0.5, 0.6) is 5.75 Å². The maximum atomic E-state index is 9.22. The molecule has 1 aromatic heterocycles. The molecule has 2 atom stereocenters. The van der Waals surface area contributed by atoms with Gasteiger partial charge in [0.2, 0.25) is 11.7 Å². The molecule has 5 nitrogen and oxygen atoms in total. The summed E-state index contributed by atoms with van der Waals surface area (Å²) in [6.45, 7) is 4.12. The van der Waals surface area contributed by atoms with Crippen molar-refractivity contribution in [1.82, 2.24) is 10.1 Å². The predicted octanol–water partition coefficient (Wildman–Crippen LogP) is 2.49. The molecule has 2 rings (SSSR count). The zero-order valence-electron chi connectivity index (χ0n) is 10.5. The van der Waals surface area contributed by atoms with Crippen molar-refractivity contribution in [1.29, 1.82) is 0 Å². The molecule has 0 spiro atoms. The zero-order valence-corrected chi connectivity index (χ0v) is 10.5. The van der Waals surface area contributed by atoms with Gasteiger partial charge < -0.3 is 15.4 Å². The summed E-state index contributed by atoms with van der Waals surface area (Å²) in [7, 11) is 0. The second kappa shape index (κ2) is 5.18. The highest BCUT2D eigenvalue weighted by Gasteiger charge is 2.20. The lowest BCUT2D eigenvalue weighted by molar-refractivity contribution is 0.312. The van der Waals surface area contributed by atoms with Gasteiger partial charge in [-0.3, -0.25) is 0 Å². The molecule has 0 unspecified atom stereocenters. The summed E-state index contributed by atoms with van der Waals surface area (Å²) in [6.07, 6.45) is 0.956. The molecular weight excluding hydrogens is 230 g/mol. The number of hydrogen-bond acceptors (Lipinski definition) is 5. The number of benzene rings is 1. The average molecular weight is 247 g/mol. The SMILES string of the molecule is CC[C@H](C)[C@H](N)c1nc(-c2ccc(O)cc2)no1. The molecule has 0 fully saturated rings. The van der Waals surface area contributed by atoms with Crippen molar-refractivity contribution in [2.24, 2.45) is 11.7 Å². The Hall–Kier alpha value is -1.88. The van der Waals surface area contributed by atoms with E-state index in [-0.39, 0.29) is 17.7 Å². The molecule has 2 aromatic rings. The van der Waals surface area contributed by atoms with E-state index in [0.29, 0.717) is 11.7 Å². The number of hydrogen-bond donors (Lipinski definition) is 2. The summed E-state index contributed by atoms with van der Waals surface area (Å²) >= 11 is 0. The van der Waals surface area contributed by atoms with E-state index < -0.39 is 0 Å². The molecule has 0 bridgehead atoms. The third-order valence-corrected chi connectivity index (χ3v) is 3.11. The van der Waals surface area contributed by atoms with E-state index in [2.05, 4.69) is 24.0 Å². The Labute approximate surface area is 106 Å². The normalized spacial score (nSPS) is 14.4. The van der Waals surface area contributed by atoms with Crippen LogP contribution in [0.25, 0.3) is 11.4 Å². The Balaban J connectivity index is 2.22. The summed E-state index contributed by atoms with van der Waals surface area (Å²) in [5.74, 6) is 1.44. The lowest BCUT2D eigenvalue weighted by atomic mass is 10.0. The highest BCUT2D eigenvalue weighted by Crippen LogP contribution is 2.24. The van der Waals surface area contributed by atoms with Gasteiger partial charge in [0.15, 0.2) is 0 Å². The predicted molar refractivity (Wildman–Crippen MR) is 67.8 cm³/mol. The summed E-state index contributed by atoms with van der Waals surface area (Å²) in [5, 5.41) is 13.1. The highest BCUT2D eigenvalue weighted by atomic mass is 16.5. The van der Waals surface area contributed by atoms with Crippen LogP contribution in [-0.4, -0.2) is 15.2 Å². The molecule has 0 amide bonds. The summed E-state index contributed by atoms with van der Waals surface area (Å²) < 4.78 is 5.19. The van der Waals surface area contributed by atoms with Crippen molar-refractivity contribution in [2.45, 2.75) is 26.3 Å². The maximum Gasteiger partial charge on any atom is 0.244 e. The molecule has 1 aromatic carbocycles. The van der Waals surface area contributed by atoms with Gasteiger partial charge in [-0.2, -0.15) is 4.98 Å². The van der Waals surface area contributed by atoms with Crippen LogP contribution >= 0.6 is 0 Å². The fourth-order valence-corrected chi connectivity index (χ4v) is 1.60. The summed E-state index contributed by atoms with van der Waals surface area (Å²) in [6, 6.07) is 6.39. The van der Waals surface area contributed by atoms with E-state index in [0.717, 1.165) is 12.0 Å². The second-order valence-corrected chi connectivity index (χ2v) is 4.41. The maximum absolute atomic E-state index is 9.22. The topological polar surface area (TPSA) is 85.2 Å². The number of aromatic hydroxyl groups is 1. The second-order valence-electron chi connectivity index (χ2n) is 4.41. The number of phenols is 1. The van der Waals surface area contributed by atoms with Gasteiger partial charge in [-0.25, -0.2) is 0 Å². The molecule has 5 heteroatoms. The average Bonchev–Trinajstić information content (AvgIpc) is 2.87. The molecule has 0 aliphatic rings. The monoisotopic (exact) mass is 247 g/mol. The first kappa shape index (κ1) is 12.6. The molecule has 1 heterocycles. The van der Waals surface area contributed by atoms with Crippen LogP contribution in [0, 0.1) is 5.92 Å². The highest BCUT2D eigenvalue weighted by molar-refractivity contribution is 5.55. The van der Waals surface area contributed by atoms with E-state index in [4.69, 9.17) is 10.3 Å². The van der Waals surface area contributed by atoms with Gasteiger partial charge in [-0.05, 0) is 30.2 Å². The van der Waals surface area contributed by atoms with Crippen LogP contribution in [0.15, 0.2) is 28.8 Å². The molecular formula is C13H17N3O2. The minimum Gasteiger partial charge on any atom is -0.508 e. The Bertz CT molecular complexity index is 507. The van der Waals surface area contributed by atoms with Gasteiger partial charge >= 0.3 is 0 Å². The summed E-state index contributed by atoms with van der Waals surface area (Å²) in [5.41, 5.74) is 6.82. The minimum atomic E-state index is -0.242. The number of nitrogens with zero attached hydrogens (tertiary/aromatic N) is 2. The van der Waals surface area contributed by atoms with Crippen LogP contribution in [-0.2, 0) is 0 Å². The largest absolute Gasteiger partial charge is 0.508 e. The van der Waals surface area contributed by atoms with Crippen molar-refractivity contribution in [3.8, 4) is 17.1 Å². The van der Waals surface area contributed by atoms with Gasteiger partial charge in [0, 0.05) is 5.56 Å². The van der Waals surface area contributed by atoms with Crippen molar-refractivity contribution >= 4 is 0 Å². The van der Waals surface area contributed by atoms with E-state index in [9.17, 15) is 5.11 Å². The van der Waals surface area contributed by atoms with Gasteiger partial charge in [0.1, 0.15) is 5.75 Å². The van der Waals surface area contributed by atoms with Gasteiger partial charge in [-0.1, -0.05) is 25.4 Å². The first-order valence-electron chi connectivity index (χ1n) is 6.00. The standard InChI is InChI=1S/C13H17N3O2/c1-3-8(2)11(14)13-15-12(16-18-13)9-4-6-10(17)7-5-9/h4-8,11,17H,3,14H2,1-2H3/t8-,11-/m0/s1. The van der Waals surface area contributed by atoms with Crippen LogP contribution in [0.1, 0.15) is 32.2 Å². The fourth-order valence-electron chi connectivity index (χ4n) is 1.60. The van der Waals surface area contributed by atoms with Crippen LogP contribution in [0.4, 0.5) is 0 Å². The van der Waals surface area contributed by atoms with Crippen molar-refractivity contribution in [3.05, 3.63) is 30.2 Å². The van der Waals surface area contributed by atoms with Crippen LogP contribution in [0.3, 0.4) is 0 Å². The first-order valence-corrected chi connectivity index (χ1v) is 6.00. The minimum absolute atomic E-state index is 0.207. The third-order valence-electron chi connectivity index (χ3n) is 3.11. The van der Waals surface area contributed by atoms with E-state index in [1.165, 1.54) is 0 Å². The molecule has 3 N–H and O–H groups in total. The molecule has 0 radical (unpaired) electrons. The molecule has 0 saturated heterocycles. The Morgan fingerprint density at radius 1 is 1.33 bits per heavy atom. The third kappa shape index (κ3) is 2.51. The Kier molecular flexibility index (Phi) is 3.62. The van der Waals surface area contributed by atoms with Crippen molar-refractivity contribution in [2.75, 3.05) is 0 Å². The zero-order chi connectivity index (χ0) is 13.1. The number of nitrogens with two attached hydrogens (primary N) is 1. The molecule has 0 aliphatic carbocycles. The summed E-state index contributed by atoms with van der Waals surface area (Å²) in [4.78, 5) is 4.29. The molecule has 0 saturated carbocycles. The molecule has 0 aliphatic heterocycles. The fraction of sp³-hybridized carbons (Fsp3) is 0.385. The smallest absolute Gasteiger partial charge is 0.244 e. The van der Waals surface area contributed by atoms with Crippen LogP contribution in [0.2, 0.25) is 0 Å². The van der Waals surface area contributed by atoms with Gasteiger partial charge in [-0.15, -0.1) is 0 Å². The number of rotatable bonds is 4. The van der Waals surface area contributed by atoms with Gasteiger partial charge in [0.05, 0.1) is 6.04 Å². The number of aromatic nitrogens is 2.